The molecule has 0 fully saturated rings. The first kappa shape index (κ1) is 7.65. The van der Waals surface area contributed by atoms with Gasteiger partial charge in [0.05, 0.1) is 6.26 Å². The van der Waals surface area contributed by atoms with Crippen molar-refractivity contribution in [3.8, 4) is 5.75 Å². The van der Waals surface area contributed by atoms with Crippen molar-refractivity contribution in [2.24, 2.45) is 0 Å². The summed E-state index contributed by atoms with van der Waals surface area (Å²) < 4.78 is 9.33. The molecule has 0 unspecified atom stereocenters. The molecule has 0 atom stereocenters. The largest absolute Gasteiger partial charge is 0.511 e. The number of carbonyl (C=O) groups is 1. The molecule has 0 radical (unpaired) electrons. The molecule has 0 aliphatic rings. The Morgan fingerprint density at radius 2 is 2.55 bits per heavy atom. The third-order valence-corrected chi connectivity index (χ3v) is 1.22. The van der Waals surface area contributed by atoms with E-state index in [1.54, 1.807) is 0 Å². The van der Waals surface area contributed by atoms with Gasteiger partial charge in [-0.2, -0.15) is 0 Å². The van der Waals surface area contributed by atoms with Crippen LogP contribution in [0.2, 0.25) is 0 Å². The molecule has 1 aromatic heterocycles. The average molecular weight is 156 g/mol. The second-order valence-electron chi connectivity index (χ2n) is 1.93. The van der Waals surface area contributed by atoms with E-state index in [1.807, 2.05) is 6.92 Å². The highest BCUT2D eigenvalue weighted by molar-refractivity contribution is 5.61. The SMILES string of the molecule is CCc1occc1OC(=O)O. The molecule has 60 valence electrons. The van der Waals surface area contributed by atoms with Gasteiger partial charge in [-0.05, 0) is 0 Å². The Labute approximate surface area is 63.4 Å². The van der Waals surface area contributed by atoms with E-state index >= 15 is 0 Å². The molecule has 0 aliphatic heterocycles. The summed E-state index contributed by atoms with van der Waals surface area (Å²) in [5, 5.41) is 8.24. The van der Waals surface area contributed by atoms with Crippen LogP contribution in [-0.2, 0) is 6.42 Å². The van der Waals surface area contributed by atoms with Gasteiger partial charge in [0.15, 0.2) is 5.75 Å². The molecular weight excluding hydrogens is 148 g/mol. The van der Waals surface area contributed by atoms with Gasteiger partial charge in [0.2, 0.25) is 0 Å². The van der Waals surface area contributed by atoms with Crippen molar-refractivity contribution < 1.29 is 19.1 Å². The normalized spacial score (nSPS) is 9.55. The van der Waals surface area contributed by atoms with Gasteiger partial charge in [-0.1, -0.05) is 6.92 Å². The minimum Gasteiger partial charge on any atom is -0.465 e. The highest BCUT2D eigenvalue weighted by Crippen LogP contribution is 2.19. The second kappa shape index (κ2) is 3.09. The lowest BCUT2D eigenvalue weighted by molar-refractivity contribution is 0.143. The van der Waals surface area contributed by atoms with Crippen LogP contribution >= 0.6 is 0 Å². The minimum atomic E-state index is -1.32. The molecule has 1 rings (SSSR count). The minimum absolute atomic E-state index is 0.278. The van der Waals surface area contributed by atoms with E-state index in [1.165, 1.54) is 12.3 Å². The van der Waals surface area contributed by atoms with Crippen LogP contribution in [0.5, 0.6) is 5.75 Å². The van der Waals surface area contributed by atoms with Crippen LogP contribution in [0.25, 0.3) is 0 Å². The van der Waals surface area contributed by atoms with Crippen molar-refractivity contribution in [3.05, 3.63) is 18.1 Å². The van der Waals surface area contributed by atoms with Crippen molar-refractivity contribution in [2.45, 2.75) is 13.3 Å². The number of aryl methyl sites for hydroxylation is 1. The zero-order valence-electron chi connectivity index (χ0n) is 6.03. The third kappa shape index (κ3) is 1.73. The number of hydrogen-bond acceptors (Lipinski definition) is 3. The number of carboxylic acid groups (broad SMARTS) is 1. The molecule has 0 saturated heterocycles. The summed E-state index contributed by atoms with van der Waals surface area (Å²) in [5.41, 5.74) is 0. The Morgan fingerprint density at radius 3 is 3.09 bits per heavy atom. The lowest BCUT2D eigenvalue weighted by atomic mass is 10.3. The molecule has 1 heterocycles. The maximum Gasteiger partial charge on any atom is 0.511 e. The van der Waals surface area contributed by atoms with E-state index in [-0.39, 0.29) is 5.75 Å². The maximum absolute atomic E-state index is 10.1. The van der Waals surface area contributed by atoms with Gasteiger partial charge in [-0.3, -0.25) is 0 Å². The Bertz CT molecular complexity index is 251. The van der Waals surface area contributed by atoms with Crippen LogP contribution in [0.3, 0.4) is 0 Å². The molecule has 0 aromatic carbocycles. The molecule has 0 aliphatic carbocycles. The van der Waals surface area contributed by atoms with E-state index < -0.39 is 6.16 Å². The summed E-state index contributed by atoms with van der Waals surface area (Å²) in [6.45, 7) is 1.85. The third-order valence-electron chi connectivity index (χ3n) is 1.22. The van der Waals surface area contributed by atoms with Crippen LogP contribution < -0.4 is 4.74 Å². The quantitative estimate of drug-likeness (QED) is 0.664. The standard InChI is InChI=1S/C7H8O4/c1-2-5-6(3-4-10-5)11-7(8)9/h3-4H,2H2,1H3,(H,8,9). The molecule has 4 nitrogen and oxygen atoms in total. The summed E-state index contributed by atoms with van der Waals surface area (Å²) in [6.07, 6.45) is 0.702. The Hall–Kier alpha value is -1.45. The fourth-order valence-corrected chi connectivity index (χ4v) is 0.772. The van der Waals surface area contributed by atoms with Crippen LogP contribution in [-0.4, -0.2) is 11.3 Å². The average Bonchev–Trinajstić information content (AvgIpc) is 2.34. The molecule has 0 saturated carbocycles. The molecule has 11 heavy (non-hydrogen) atoms. The van der Waals surface area contributed by atoms with Crippen molar-refractivity contribution >= 4 is 6.16 Å². The predicted molar refractivity (Wildman–Crippen MR) is 36.7 cm³/mol. The second-order valence-corrected chi connectivity index (χ2v) is 1.93. The van der Waals surface area contributed by atoms with E-state index in [0.29, 0.717) is 12.2 Å². The van der Waals surface area contributed by atoms with Gasteiger partial charge in [0.1, 0.15) is 5.76 Å². The van der Waals surface area contributed by atoms with Gasteiger partial charge in [-0.15, -0.1) is 0 Å². The van der Waals surface area contributed by atoms with E-state index in [0.717, 1.165) is 0 Å². The topological polar surface area (TPSA) is 59.7 Å². The fourth-order valence-electron chi connectivity index (χ4n) is 0.772. The summed E-state index contributed by atoms with van der Waals surface area (Å²) in [6, 6.07) is 1.48. The van der Waals surface area contributed by atoms with Crippen LogP contribution in [0.4, 0.5) is 4.79 Å². The number of rotatable bonds is 2. The molecule has 0 amide bonds. The molecule has 0 bridgehead atoms. The predicted octanol–water partition coefficient (Wildman–Crippen LogP) is 1.90. The number of ether oxygens (including phenoxy) is 1. The molecule has 0 spiro atoms. The zero-order valence-corrected chi connectivity index (χ0v) is 6.03. The molecule has 1 aromatic rings. The van der Waals surface area contributed by atoms with Gasteiger partial charge in [-0.25, -0.2) is 4.79 Å². The van der Waals surface area contributed by atoms with Crippen LogP contribution in [0, 0.1) is 0 Å². The van der Waals surface area contributed by atoms with Gasteiger partial charge >= 0.3 is 6.16 Å². The summed E-state index contributed by atoms with van der Waals surface area (Å²) in [5.74, 6) is 0.826. The first-order chi connectivity index (χ1) is 5.24. The van der Waals surface area contributed by atoms with E-state index in [2.05, 4.69) is 4.74 Å². The highest BCUT2D eigenvalue weighted by atomic mass is 16.7. The van der Waals surface area contributed by atoms with Crippen molar-refractivity contribution in [1.82, 2.24) is 0 Å². The highest BCUT2D eigenvalue weighted by Gasteiger charge is 2.08. The van der Waals surface area contributed by atoms with Crippen molar-refractivity contribution in [1.29, 1.82) is 0 Å². The first-order valence-corrected chi connectivity index (χ1v) is 3.21. The molecule has 4 heteroatoms. The van der Waals surface area contributed by atoms with Crippen LogP contribution in [0.15, 0.2) is 16.7 Å². The van der Waals surface area contributed by atoms with Crippen molar-refractivity contribution in [3.63, 3.8) is 0 Å². The fraction of sp³-hybridized carbons (Fsp3) is 0.286. The number of furan rings is 1. The molecule has 1 N–H and O–H groups in total. The monoisotopic (exact) mass is 156 g/mol. The van der Waals surface area contributed by atoms with Gasteiger partial charge < -0.3 is 14.3 Å². The van der Waals surface area contributed by atoms with Crippen LogP contribution in [0.1, 0.15) is 12.7 Å². The lowest BCUT2D eigenvalue weighted by Gasteiger charge is -1.96. The molecular formula is C7H8O4. The zero-order chi connectivity index (χ0) is 8.27. The Kier molecular flexibility index (Phi) is 2.15. The van der Waals surface area contributed by atoms with E-state index in [4.69, 9.17) is 9.52 Å². The summed E-state index contributed by atoms with van der Waals surface area (Å²) in [7, 11) is 0. The Balaban J connectivity index is 2.76. The Morgan fingerprint density at radius 1 is 1.82 bits per heavy atom. The first-order valence-electron chi connectivity index (χ1n) is 3.21. The van der Waals surface area contributed by atoms with Gasteiger partial charge in [0, 0.05) is 12.5 Å². The van der Waals surface area contributed by atoms with Gasteiger partial charge in [0.25, 0.3) is 0 Å². The lowest BCUT2D eigenvalue weighted by Crippen LogP contribution is -2.03. The van der Waals surface area contributed by atoms with Crippen molar-refractivity contribution in [2.75, 3.05) is 0 Å². The summed E-state index contributed by atoms with van der Waals surface area (Å²) >= 11 is 0. The van der Waals surface area contributed by atoms with E-state index in [9.17, 15) is 4.79 Å². The maximum atomic E-state index is 10.1. The number of hydrogen-bond donors (Lipinski definition) is 1. The smallest absolute Gasteiger partial charge is 0.465 e. The summed E-state index contributed by atoms with van der Waals surface area (Å²) in [4.78, 5) is 10.1.